The van der Waals surface area contributed by atoms with Crippen LogP contribution in [0, 0.1) is 13.8 Å². The highest BCUT2D eigenvalue weighted by molar-refractivity contribution is 6.30. The van der Waals surface area contributed by atoms with Gasteiger partial charge in [-0.15, -0.1) is 0 Å². The standard InChI is InChI=1S/C22H20ClN3O4/c1-12-18(13(2)30-25-12)11-26-19-10-17(8-9-20(19)29-14(3)22(26)28)24-21(27)15-4-6-16(23)7-5-15/h4-10,14H,11H2,1-3H3,(H,24,27). The molecule has 2 amide bonds. The Kier molecular flexibility index (Phi) is 5.22. The first-order valence-electron chi connectivity index (χ1n) is 9.44. The highest BCUT2D eigenvalue weighted by Crippen LogP contribution is 2.38. The quantitative estimate of drug-likeness (QED) is 0.664. The van der Waals surface area contributed by atoms with Gasteiger partial charge < -0.3 is 19.5 Å². The van der Waals surface area contributed by atoms with Gasteiger partial charge in [0.25, 0.3) is 11.8 Å². The van der Waals surface area contributed by atoms with E-state index in [9.17, 15) is 9.59 Å². The van der Waals surface area contributed by atoms with E-state index in [0.29, 0.717) is 40.0 Å². The van der Waals surface area contributed by atoms with Crippen LogP contribution in [0.15, 0.2) is 47.0 Å². The molecular formula is C22H20ClN3O4. The average molecular weight is 426 g/mol. The Morgan fingerprint density at radius 3 is 2.60 bits per heavy atom. The zero-order chi connectivity index (χ0) is 21.4. The highest BCUT2D eigenvalue weighted by atomic mass is 35.5. The summed E-state index contributed by atoms with van der Waals surface area (Å²) >= 11 is 5.88. The van der Waals surface area contributed by atoms with E-state index in [1.54, 1.807) is 54.3 Å². The maximum Gasteiger partial charge on any atom is 0.268 e. The number of carbonyl (C=O) groups excluding carboxylic acids is 2. The number of ether oxygens (including phenoxy) is 1. The van der Waals surface area contributed by atoms with Crippen LogP contribution in [0.4, 0.5) is 11.4 Å². The molecule has 1 aromatic heterocycles. The van der Waals surface area contributed by atoms with Gasteiger partial charge in [-0.1, -0.05) is 16.8 Å². The van der Waals surface area contributed by atoms with E-state index in [1.807, 2.05) is 13.8 Å². The number of anilines is 2. The van der Waals surface area contributed by atoms with Crippen LogP contribution in [0.1, 0.15) is 34.3 Å². The molecule has 0 saturated carbocycles. The monoisotopic (exact) mass is 425 g/mol. The molecule has 0 spiro atoms. The first kappa shape index (κ1) is 20.0. The highest BCUT2D eigenvalue weighted by Gasteiger charge is 2.33. The van der Waals surface area contributed by atoms with Crippen LogP contribution in [0.5, 0.6) is 5.75 Å². The van der Waals surface area contributed by atoms with Crippen LogP contribution in [-0.2, 0) is 11.3 Å². The lowest BCUT2D eigenvalue weighted by Crippen LogP contribution is -2.44. The van der Waals surface area contributed by atoms with Gasteiger partial charge in [-0.25, -0.2) is 0 Å². The van der Waals surface area contributed by atoms with Crippen molar-refractivity contribution >= 4 is 34.8 Å². The summed E-state index contributed by atoms with van der Waals surface area (Å²) in [6, 6.07) is 11.8. The molecule has 2 aromatic carbocycles. The van der Waals surface area contributed by atoms with Crippen molar-refractivity contribution in [2.24, 2.45) is 0 Å². The second kappa shape index (κ2) is 7.84. The van der Waals surface area contributed by atoms with Crippen molar-refractivity contribution in [3.63, 3.8) is 0 Å². The van der Waals surface area contributed by atoms with E-state index in [4.69, 9.17) is 20.9 Å². The van der Waals surface area contributed by atoms with E-state index < -0.39 is 6.10 Å². The zero-order valence-corrected chi connectivity index (χ0v) is 17.5. The number of nitrogens with zero attached hydrogens (tertiary/aromatic N) is 2. The van der Waals surface area contributed by atoms with Gasteiger partial charge in [0.05, 0.1) is 17.9 Å². The summed E-state index contributed by atoms with van der Waals surface area (Å²) in [4.78, 5) is 27.1. The van der Waals surface area contributed by atoms with E-state index in [2.05, 4.69) is 10.5 Å². The first-order valence-corrected chi connectivity index (χ1v) is 9.82. The lowest BCUT2D eigenvalue weighted by atomic mass is 10.1. The molecule has 0 radical (unpaired) electrons. The fraction of sp³-hybridized carbons (Fsp3) is 0.227. The molecule has 1 aliphatic rings. The number of carbonyl (C=O) groups is 2. The second-order valence-electron chi connectivity index (χ2n) is 7.13. The van der Waals surface area contributed by atoms with E-state index in [0.717, 1.165) is 11.3 Å². The minimum Gasteiger partial charge on any atom is -0.479 e. The predicted molar refractivity (Wildman–Crippen MR) is 113 cm³/mol. The number of hydrogen-bond acceptors (Lipinski definition) is 5. The van der Waals surface area contributed by atoms with Gasteiger partial charge in [-0.3, -0.25) is 9.59 Å². The van der Waals surface area contributed by atoms with Gasteiger partial charge in [0, 0.05) is 21.8 Å². The van der Waals surface area contributed by atoms with Crippen molar-refractivity contribution in [2.75, 3.05) is 10.2 Å². The average Bonchev–Trinajstić information content (AvgIpc) is 3.04. The Hall–Kier alpha value is -3.32. The van der Waals surface area contributed by atoms with E-state index in [1.165, 1.54) is 0 Å². The van der Waals surface area contributed by atoms with E-state index in [-0.39, 0.29) is 11.8 Å². The number of amides is 2. The van der Waals surface area contributed by atoms with Gasteiger partial charge in [0.1, 0.15) is 11.5 Å². The lowest BCUT2D eigenvalue weighted by Gasteiger charge is -2.33. The van der Waals surface area contributed by atoms with Crippen LogP contribution < -0.4 is 15.0 Å². The van der Waals surface area contributed by atoms with Crippen LogP contribution in [-0.4, -0.2) is 23.1 Å². The Labute approximate surface area is 178 Å². The van der Waals surface area contributed by atoms with Crippen molar-refractivity contribution < 1.29 is 18.8 Å². The molecule has 2 heterocycles. The topological polar surface area (TPSA) is 84.7 Å². The minimum absolute atomic E-state index is 0.177. The number of halogens is 1. The van der Waals surface area contributed by atoms with Crippen LogP contribution in [0.2, 0.25) is 5.02 Å². The summed E-state index contributed by atoms with van der Waals surface area (Å²) < 4.78 is 11.0. The fourth-order valence-corrected chi connectivity index (χ4v) is 3.46. The molecule has 0 bridgehead atoms. The lowest BCUT2D eigenvalue weighted by molar-refractivity contribution is -0.125. The second-order valence-corrected chi connectivity index (χ2v) is 7.57. The minimum atomic E-state index is -0.618. The number of benzene rings is 2. The number of hydrogen-bond donors (Lipinski definition) is 1. The molecule has 0 aliphatic carbocycles. The van der Waals surface area contributed by atoms with Gasteiger partial charge in [0.2, 0.25) is 0 Å². The SMILES string of the molecule is Cc1noc(C)c1CN1C(=O)C(C)Oc2ccc(NC(=O)c3ccc(Cl)cc3)cc21. The largest absolute Gasteiger partial charge is 0.479 e. The molecule has 30 heavy (non-hydrogen) atoms. The maximum atomic E-state index is 12.9. The molecular weight excluding hydrogens is 406 g/mol. The van der Waals surface area contributed by atoms with Crippen molar-refractivity contribution in [3.8, 4) is 5.75 Å². The molecule has 0 saturated heterocycles. The Morgan fingerprint density at radius 2 is 1.93 bits per heavy atom. The summed E-state index contributed by atoms with van der Waals surface area (Å²) in [5, 5.41) is 7.37. The summed E-state index contributed by atoms with van der Waals surface area (Å²) in [5.41, 5.74) is 3.17. The third-order valence-electron chi connectivity index (χ3n) is 5.03. The molecule has 3 aromatic rings. The van der Waals surface area contributed by atoms with Crippen LogP contribution in [0.3, 0.4) is 0 Å². The fourth-order valence-electron chi connectivity index (χ4n) is 3.34. The van der Waals surface area contributed by atoms with Gasteiger partial charge in [-0.2, -0.15) is 0 Å². The van der Waals surface area contributed by atoms with Gasteiger partial charge in [-0.05, 0) is 63.2 Å². The van der Waals surface area contributed by atoms with Crippen molar-refractivity contribution in [3.05, 3.63) is 70.1 Å². The van der Waals surface area contributed by atoms with Gasteiger partial charge in [0.15, 0.2) is 6.10 Å². The van der Waals surface area contributed by atoms with Gasteiger partial charge >= 0.3 is 0 Å². The first-order chi connectivity index (χ1) is 14.3. The third kappa shape index (κ3) is 3.76. The predicted octanol–water partition coefficient (Wildman–Crippen LogP) is 4.51. The summed E-state index contributed by atoms with van der Waals surface area (Å²) in [6.07, 6.45) is -0.618. The molecule has 154 valence electrons. The van der Waals surface area contributed by atoms with E-state index >= 15 is 0 Å². The third-order valence-corrected chi connectivity index (χ3v) is 5.28. The number of rotatable bonds is 4. The smallest absolute Gasteiger partial charge is 0.268 e. The molecule has 4 rings (SSSR count). The normalized spacial score (nSPS) is 15.5. The Balaban J connectivity index is 1.65. The van der Waals surface area contributed by atoms with Crippen molar-refractivity contribution in [1.29, 1.82) is 0 Å². The molecule has 7 nitrogen and oxygen atoms in total. The maximum absolute atomic E-state index is 12.9. The zero-order valence-electron chi connectivity index (χ0n) is 16.7. The van der Waals surface area contributed by atoms with Crippen LogP contribution in [0.25, 0.3) is 0 Å². The van der Waals surface area contributed by atoms with Crippen molar-refractivity contribution in [2.45, 2.75) is 33.4 Å². The number of aryl methyl sites for hydroxylation is 2. The summed E-state index contributed by atoms with van der Waals surface area (Å²) in [6.45, 7) is 5.66. The Morgan fingerprint density at radius 1 is 1.20 bits per heavy atom. The van der Waals surface area contributed by atoms with Crippen molar-refractivity contribution in [1.82, 2.24) is 5.16 Å². The molecule has 1 N–H and O–H groups in total. The molecule has 1 unspecified atom stereocenters. The van der Waals surface area contributed by atoms with Crippen LogP contribution >= 0.6 is 11.6 Å². The molecule has 1 aliphatic heterocycles. The molecule has 1 atom stereocenters. The summed E-state index contributed by atoms with van der Waals surface area (Å²) in [5.74, 6) is 0.774. The number of fused-ring (bicyclic) bond motifs is 1. The number of aromatic nitrogens is 1. The molecule has 0 fully saturated rings. The number of nitrogens with one attached hydrogen (secondary N) is 1. The summed E-state index contributed by atoms with van der Waals surface area (Å²) in [7, 11) is 0. The molecule has 8 heteroatoms. The Bertz CT molecular complexity index is 1100.